The number of nitrogens with zero attached hydrogens (tertiary/aromatic N) is 1. The van der Waals surface area contributed by atoms with E-state index in [-0.39, 0.29) is 36.3 Å². The van der Waals surface area contributed by atoms with E-state index < -0.39 is 17.2 Å². The maximum Gasteiger partial charge on any atom is 0.251 e. The lowest BCUT2D eigenvalue weighted by Gasteiger charge is -2.42. The highest BCUT2D eigenvalue weighted by Crippen LogP contribution is 2.45. The van der Waals surface area contributed by atoms with Crippen LogP contribution in [0.15, 0.2) is 42.5 Å². The monoisotopic (exact) mass is 490 g/mol. The van der Waals surface area contributed by atoms with Gasteiger partial charge in [-0.2, -0.15) is 0 Å². The van der Waals surface area contributed by atoms with Crippen LogP contribution >= 0.6 is 0 Å². The lowest BCUT2D eigenvalue weighted by molar-refractivity contribution is -0.132. The Morgan fingerprint density at radius 1 is 1.22 bits per heavy atom. The summed E-state index contributed by atoms with van der Waals surface area (Å²) < 4.78 is 5.69. The second-order valence-electron chi connectivity index (χ2n) is 10.9. The summed E-state index contributed by atoms with van der Waals surface area (Å²) in [6.07, 6.45) is 1.77. The Hall–Kier alpha value is -3.39. The highest BCUT2D eigenvalue weighted by molar-refractivity contribution is 6.00. The first-order valence-electron chi connectivity index (χ1n) is 12.6. The normalized spacial score (nSPS) is 31.2. The van der Waals surface area contributed by atoms with Gasteiger partial charge in [0.15, 0.2) is 5.96 Å². The predicted octanol–water partition coefficient (Wildman–Crippen LogP) is 3.77. The van der Waals surface area contributed by atoms with Gasteiger partial charge in [-0.05, 0) is 61.9 Å². The fourth-order valence-electron chi connectivity index (χ4n) is 5.70. The van der Waals surface area contributed by atoms with Crippen molar-refractivity contribution in [3.63, 3.8) is 0 Å². The van der Waals surface area contributed by atoms with Gasteiger partial charge in [0.2, 0.25) is 5.91 Å². The number of hydrogen-bond acceptors (Lipinski definition) is 5. The first kappa shape index (κ1) is 24.3. The summed E-state index contributed by atoms with van der Waals surface area (Å²) in [5.41, 5.74) is 1.47. The van der Waals surface area contributed by atoms with Gasteiger partial charge in [-0.15, -0.1) is 0 Å². The van der Waals surface area contributed by atoms with Crippen molar-refractivity contribution in [2.45, 2.75) is 76.1 Å². The van der Waals surface area contributed by atoms with E-state index >= 15 is 0 Å². The molecule has 8 heteroatoms. The van der Waals surface area contributed by atoms with E-state index in [1.165, 1.54) is 0 Å². The summed E-state index contributed by atoms with van der Waals surface area (Å²) in [4.78, 5) is 28.2. The van der Waals surface area contributed by atoms with E-state index in [0.29, 0.717) is 24.2 Å². The average molecular weight is 491 g/mol. The molecule has 5 rings (SSSR count). The van der Waals surface area contributed by atoms with E-state index in [9.17, 15) is 14.7 Å². The van der Waals surface area contributed by atoms with Gasteiger partial charge in [-0.25, -0.2) is 0 Å². The molecule has 2 aliphatic heterocycles. The quantitative estimate of drug-likeness (QED) is 0.521. The van der Waals surface area contributed by atoms with E-state index in [4.69, 9.17) is 10.1 Å². The van der Waals surface area contributed by atoms with Crippen LogP contribution < -0.4 is 15.4 Å². The van der Waals surface area contributed by atoms with Crippen LogP contribution in [0.1, 0.15) is 92.0 Å². The van der Waals surface area contributed by atoms with Crippen LogP contribution in [0.3, 0.4) is 0 Å². The lowest BCUT2D eigenvalue weighted by Crippen LogP contribution is -2.61. The third-order valence-electron chi connectivity index (χ3n) is 8.03. The van der Waals surface area contributed by atoms with Crippen LogP contribution in [0, 0.1) is 5.41 Å². The molecule has 2 amide bonds. The van der Waals surface area contributed by atoms with Crippen LogP contribution in [0.5, 0.6) is 5.75 Å². The molecule has 2 aromatic rings. The van der Waals surface area contributed by atoms with E-state index in [1.54, 1.807) is 17.9 Å². The zero-order valence-corrected chi connectivity index (χ0v) is 21.2. The minimum Gasteiger partial charge on any atom is -0.490 e. The number of ether oxygens (including phenoxy) is 1. The summed E-state index contributed by atoms with van der Waals surface area (Å²) in [5.74, 6) is 0.578. The summed E-state index contributed by atoms with van der Waals surface area (Å²) >= 11 is 0. The summed E-state index contributed by atoms with van der Waals surface area (Å²) in [5, 5.41) is 25.8. The molecule has 0 unspecified atom stereocenters. The molecule has 2 heterocycles. The molecule has 190 valence electrons. The molecular formula is C28H34N4O4. The maximum atomic E-state index is 13.4. The second kappa shape index (κ2) is 8.62. The first-order valence-corrected chi connectivity index (χ1v) is 12.6. The fourth-order valence-corrected chi connectivity index (χ4v) is 5.70. The Morgan fingerprint density at radius 3 is 2.69 bits per heavy atom. The highest BCUT2D eigenvalue weighted by atomic mass is 16.5. The molecule has 0 radical (unpaired) electrons. The molecule has 3 aliphatic rings. The fraction of sp³-hybridized carbons (Fsp3) is 0.464. The number of fused-ring (bicyclic) bond motifs is 2. The largest absolute Gasteiger partial charge is 0.490 e. The average Bonchev–Trinajstić information content (AvgIpc) is 3.15. The predicted molar refractivity (Wildman–Crippen MR) is 136 cm³/mol. The van der Waals surface area contributed by atoms with E-state index in [0.717, 1.165) is 23.1 Å². The Bertz CT molecular complexity index is 1220. The SMILES string of the molecule is CC[C@]1(C)CC(=O)N([C@@H]2C[C@@H](C)c3ccc(C(=O)N[C@@H]4c5ccccc5OC[C@@]4(C)O)cc32)C(=N)N1. The molecule has 4 N–H and O–H groups in total. The molecule has 0 saturated carbocycles. The van der Waals surface area contributed by atoms with Crippen molar-refractivity contribution >= 4 is 17.8 Å². The molecule has 2 aromatic carbocycles. The summed E-state index contributed by atoms with van der Waals surface area (Å²) in [6, 6.07) is 12.0. The molecule has 0 aromatic heterocycles. The van der Waals surface area contributed by atoms with Crippen molar-refractivity contribution in [2.24, 2.45) is 0 Å². The van der Waals surface area contributed by atoms with Crippen LogP contribution in [-0.2, 0) is 4.79 Å². The molecule has 8 nitrogen and oxygen atoms in total. The third-order valence-corrected chi connectivity index (χ3v) is 8.03. The van der Waals surface area contributed by atoms with Crippen molar-refractivity contribution in [1.82, 2.24) is 15.5 Å². The Morgan fingerprint density at radius 2 is 1.97 bits per heavy atom. The maximum absolute atomic E-state index is 13.4. The van der Waals surface area contributed by atoms with Crippen molar-refractivity contribution < 1.29 is 19.4 Å². The minimum atomic E-state index is -1.27. The van der Waals surface area contributed by atoms with E-state index in [2.05, 4.69) is 17.6 Å². The lowest BCUT2D eigenvalue weighted by atomic mass is 9.87. The van der Waals surface area contributed by atoms with Crippen molar-refractivity contribution in [1.29, 1.82) is 5.41 Å². The molecule has 36 heavy (non-hydrogen) atoms. The van der Waals surface area contributed by atoms with Gasteiger partial charge >= 0.3 is 0 Å². The van der Waals surface area contributed by atoms with Crippen molar-refractivity contribution in [2.75, 3.05) is 6.61 Å². The minimum absolute atomic E-state index is 0.0710. The smallest absolute Gasteiger partial charge is 0.251 e. The molecule has 1 fully saturated rings. The number of hydrogen-bond donors (Lipinski definition) is 4. The van der Waals surface area contributed by atoms with Crippen LogP contribution in [0.2, 0.25) is 0 Å². The molecular weight excluding hydrogens is 456 g/mol. The number of benzene rings is 2. The second-order valence-corrected chi connectivity index (χ2v) is 10.9. The highest BCUT2D eigenvalue weighted by Gasteiger charge is 2.44. The standard InChI is InChI=1S/C28H34N4O4/c1-5-27(3)14-23(33)32(26(29)31-27)21-12-16(2)18-11-10-17(13-20(18)21)25(34)30-24-19-8-6-7-9-22(19)36-15-28(24,4)35/h6-11,13,16,21,24,35H,5,12,14-15H2,1-4H3,(H2,29,31)(H,30,34)/t16-,21-,24-,27-,28-/m1/s1. The number of amides is 2. The first-order chi connectivity index (χ1) is 17.0. The van der Waals surface area contributed by atoms with Crippen molar-refractivity contribution in [3.8, 4) is 5.75 Å². The molecule has 1 aliphatic carbocycles. The molecule has 0 bridgehead atoms. The number of carbonyl (C=O) groups is 2. The Balaban J connectivity index is 1.43. The number of nitrogens with one attached hydrogen (secondary N) is 3. The van der Waals surface area contributed by atoms with Crippen LogP contribution in [0.4, 0.5) is 0 Å². The van der Waals surface area contributed by atoms with Gasteiger partial charge in [0.05, 0.1) is 18.5 Å². The zero-order valence-electron chi connectivity index (χ0n) is 21.2. The van der Waals surface area contributed by atoms with Gasteiger partial charge in [0.1, 0.15) is 18.0 Å². The molecule has 1 saturated heterocycles. The number of guanidine groups is 1. The van der Waals surface area contributed by atoms with Gasteiger partial charge < -0.3 is 20.5 Å². The van der Waals surface area contributed by atoms with Gasteiger partial charge in [-0.3, -0.25) is 19.9 Å². The summed E-state index contributed by atoms with van der Waals surface area (Å²) in [6.45, 7) is 7.81. The number of rotatable bonds is 4. The van der Waals surface area contributed by atoms with Crippen LogP contribution in [0.25, 0.3) is 0 Å². The number of aliphatic hydroxyl groups is 1. The van der Waals surface area contributed by atoms with Gasteiger partial charge in [-0.1, -0.05) is 38.1 Å². The van der Waals surface area contributed by atoms with Gasteiger partial charge in [0, 0.05) is 16.7 Å². The third kappa shape index (κ3) is 4.03. The number of carbonyl (C=O) groups excluding carboxylic acids is 2. The Kier molecular flexibility index (Phi) is 5.82. The Labute approximate surface area is 211 Å². The number of para-hydroxylation sites is 1. The van der Waals surface area contributed by atoms with E-state index in [1.807, 2.05) is 50.2 Å². The molecule has 5 atom stereocenters. The zero-order chi connectivity index (χ0) is 25.8. The van der Waals surface area contributed by atoms with Gasteiger partial charge in [0.25, 0.3) is 5.91 Å². The summed E-state index contributed by atoms with van der Waals surface area (Å²) in [7, 11) is 0. The molecule has 0 spiro atoms. The van der Waals surface area contributed by atoms with Crippen LogP contribution in [-0.4, -0.2) is 45.5 Å². The topological polar surface area (TPSA) is 115 Å². The van der Waals surface area contributed by atoms with Crippen molar-refractivity contribution in [3.05, 3.63) is 64.7 Å².